The summed E-state index contributed by atoms with van der Waals surface area (Å²) in [6.07, 6.45) is 5.91. The highest BCUT2D eigenvalue weighted by Gasteiger charge is 2.23. The van der Waals surface area contributed by atoms with Crippen molar-refractivity contribution in [3.05, 3.63) is 65.6 Å². The highest BCUT2D eigenvalue weighted by atomic mass is 35.5. The van der Waals surface area contributed by atoms with Crippen LogP contribution < -0.4 is 10.8 Å². The van der Waals surface area contributed by atoms with E-state index in [1.54, 1.807) is 0 Å². The number of likely N-dealkylation sites (tertiary alicyclic amines) is 1. The molecule has 1 aromatic carbocycles. The number of halogens is 3. The lowest BCUT2D eigenvalue weighted by Gasteiger charge is -2.17. The number of pyridine rings is 1. The SMILES string of the molecule is Cl.Cl.O=C(C=Cc1cnc(N[C@@H]2CCN(CCc3ccccc3)C2)c(F)c1)NO. The van der Waals surface area contributed by atoms with Crippen LogP contribution in [0.4, 0.5) is 10.2 Å². The lowest BCUT2D eigenvalue weighted by molar-refractivity contribution is -0.124. The molecule has 1 saturated heterocycles. The number of aromatic nitrogens is 1. The van der Waals surface area contributed by atoms with Gasteiger partial charge in [-0.1, -0.05) is 30.3 Å². The summed E-state index contributed by atoms with van der Waals surface area (Å²) in [5.41, 5.74) is 3.24. The molecule has 0 saturated carbocycles. The molecule has 0 bridgehead atoms. The van der Waals surface area contributed by atoms with E-state index in [0.717, 1.165) is 38.6 Å². The van der Waals surface area contributed by atoms with Crippen LogP contribution in [-0.2, 0) is 11.2 Å². The number of amides is 1. The number of benzene rings is 1. The molecule has 1 fully saturated rings. The number of nitrogens with one attached hydrogen (secondary N) is 2. The standard InChI is InChI=1S/C20H23FN4O2.2ClH/c21-18-12-16(6-7-19(26)24-27)13-22-20(18)23-17-9-11-25(14-17)10-8-15-4-2-1-3-5-15;;/h1-7,12-13,17,27H,8-11,14H2,(H,22,23)(H,24,26);2*1H/t17-;;/m1../s1. The quantitative estimate of drug-likeness (QED) is 0.348. The molecule has 0 aliphatic carbocycles. The summed E-state index contributed by atoms with van der Waals surface area (Å²) >= 11 is 0. The Balaban J connectivity index is 0.00000210. The molecular formula is C20H25Cl2FN4O2. The number of hydrogen-bond donors (Lipinski definition) is 3. The average molecular weight is 443 g/mol. The minimum absolute atomic E-state index is 0. The molecule has 3 rings (SSSR count). The third-order valence-electron chi connectivity index (χ3n) is 4.57. The summed E-state index contributed by atoms with van der Waals surface area (Å²) in [6, 6.07) is 11.8. The van der Waals surface area contributed by atoms with E-state index < -0.39 is 11.7 Å². The minimum atomic E-state index is -0.681. The lowest BCUT2D eigenvalue weighted by atomic mass is 10.1. The van der Waals surface area contributed by atoms with Crippen molar-refractivity contribution in [1.82, 2.24) is 15.4 Å². The Morgan fingerprint density at radius 2 is 2.07 bits per heavy atom. The maximum absolute atomic E-state index is 14.3. The van der Waals surface area contributed by atoms with Crippen molar-refractivity contribution in [2.24, 2.45) is 0 Å². The van der Waals surface area contributed by atoms with Crippen LogP contribution in [-0.4, -0.2) is 46.7 Å². The second kappa shape index (κ2) is 12.4. The summed E-state index contributed by atoms with van der Waals surface area (Å²) in [4.78, 5) is 17.4. The Kier molecular flexibility index (Phi) is 10.6. The number of carbonyl (C=O) groups excluding carboxylic acids is 1. The Hall–Kier alpha value is -2.19. The van der Waals surface area contributed by atoms with Crippen molar-refractivity contribution in [3.63, 3.8) is 0 Å². The predicted octanol–water partition coefficient (Wildman–Crippen LogP) is 3.31. The van der Waals surface area contributed by atoms with Gasteiger partial charge in [0.25, 0.3) is 5.91 Å². The number of hydrogen-bond acceptors (Lipinski definition) is 5. The van der Waals surface area contributed by atoms with Crippen molar-refractivity contribution in [3.8, 4) is 0 Å². The van der Waals surface area contributed by atoms with Crippen molar-refractivity contribution in [2.75, 3.05) is 25.0 Å². The molecule has 1 aliphatic rings. The van der Waals surface area contributed by atoms with E-state index in [-0.39, 0.29) is 36.7 Å². The van der Waals surface area contributed by atoms with E-state index in [9.17, 15) is 9.18 Å². The monoisotopic (exact) mass is 442 g/mol. The Bertz CT molecular complexity index is 808. The number of rotatable bonds is 7. The molecule has 158 valence electrons. The van der Waals surface area contributed by atoms with Crippen LogP contribution in [0.3, 0.4) is 0 Å². The fourth-order valence-corrected chi connectivity index (χ4v) is 3.14. The van der Waals surface area contributed by atoms with E-state index in [4.69, 9.17) is 5.21 Å². The van der Waals surface area contributed by atoms with E-state index in [1.165, 1.54) is 29.4 Å². The Labute approximate surface area is 182 Å². The van der Waals surface area contributed by atoms with Crippen molar-refractivity contribution < 1.29 is 14.4 Å². The molecule has 1 atom stereocenters. The number of hydroxylamine groups is 1. The summed E-state index contributed by atoms with van der Waals surface area (Å²) in [5, 5.41) is 11.6. The van der Waals surface area contributed by atoms with E-state index >= 15 is 0 Å². The molecule has 0 radical (unpaired) electrons. The molecule has 2 aromatic rings. The topological polar surface area (TPSA) is 77.5 Å². The highest BCUT2D eigenvalue weighted by Crippen LogP contribution is 2.18. The largest absolute Gasteiger partial charge is 0.364 e. The van der Waals surface area contributed by atoms with Gasteiger partial charge in [0, 0.05) is 37.9 Å². The normalized spacial score (nSPS) is 16.1. The van der Waals surface area contributed by atoms with Crippen molar-refractivity contribution >= 4 is 42.6 Å². The highest BCUT2D eigenvalue weighted by molar-refractivity contribution is 5.90. The maximum Gasteiger partial charge on any atom is 0.267 e. The third kappa shape index (κ3) is 7.62. The van der Waals surface area contributed by atoms with E-state index in [1.807, 2.05) is 18.2 Å². The number of anilines is 1. The van der Waals surface area contributed by atoms with Gasteiger partial charge in [-0.25, -0.2) is 14.9 Å². The van der Waals surface area contributed by atoms with Crippen LogP contribution in [0.1, 0.15) is 17.5 Å². The first-order valence-corrected chi connectivity index (χ1v) is 8.94. The van der Waals surface area contributed by atoms with Gasteiger partial charge in [0.2, 0.25) is 0 Å². The molecule has 1 aliphatic heterocycles. The lowest BCUT2D eigenvalue weighted by Crippen LogP contribution is -2.28. The van der Waals surface area contributed by atoms with Gasteiger partial charge in [-0.15, -0.1) is 24.8 Å². The molecule has 1 aromatic heterocycles. The predicted molar refractivity (Wildman–Crippen MR) is 116 cm³/mol. The summed E-state index contributed by atoms with van der Waals surface area (Å²) in [6.45, 7) is 2.81. The zero-order chi connectivity index (χ0) is 19.1. The first kappa shape index (κ1) is 24.8. The summed E-state index contributed by atoms with van der Waals surface area (Å²) in [5.74, 6) is -0.933. The van der Waals surface area contributed by atoms with Gasteiger partial charge in [-0.2, -0.15) is 0 Å². The van der Waals surface area contributed by atoms with Crippen LogP contribution in [0.2, 0.25) is 0 Å². The zero-order valence-electron chi connectivity index (χ0n) is 15.8. The molecule has 3 N–H and O–H groups in total. The molecule has 6 nitrogen and oxygen atoms in total. The van der Waals surface area contributed by atoms with Crippen LogP contribution in [0.25, 0.3) is 6.08 Å². The summed E-state index contributed by atoms with van der Waals surface area (Å²) in [7, 11) is 0. The van der Waals surface area contributed by atoms with Crippen molar-refractivity contribution in [1.29, 1.82) is 0 Å². The second-order valence-corrected chi connectivity index (χ2v) is 6.57. The molecule has 9 heteroatoms. The third-order valence-corrected chi connectivity index (χ3v) is 4.57. The molecule has 1 amide bonds. The molecule has 0 unspecified atom stereocenters. The Morgan fingerprint density at radius 1 is 1.31 bits per heavy atom. The van der Waals surface area contributed by atoms with Gasteiger partial charge >= 0.3 is 0 Å². The second-order valence-electron chi connectivity index (χ2n) is 6.57. The van der Waals surface area contributed by atoms with Gasteiger partial charge in [0.15, 0.2) is 11.6 Å². The van der Waals surface area contributed by atoms with Gasteiger partial charge in [0.05, 0.1) is 0 Å². The van der Waals surface area contributed by atoms with Gasteiger partial charge in [-0.05, 0) is 36.1 Å². The first-order valence-electron chi connectivity index (χ1n) is 8.94. The Morgan fingerprint density at radius 3 is 2.76 bits per heavy atom. The van der Waals surface area contributed by atoms with Crippen LogP contribution >= 0.6 is 24.8 Å². The average Bonchev–Trinajstić information content (AvgIpc) is 3.14. The van der Waals surface area contributed by atoms with Crippen molar-refractivity contribution in [2.45, 2.75) is 18.9 Å². The molecular weight excluding hydrogens is 418 g/mol. The zero-order valence-corrected chi connectivity index (χ0v) is 17.4. The van der Waals surface area contributed by atoms with E-state index in [2.05, 4.69) is 27.3 Å². The molecule has 0 spiro atoms. The van der Waals surface area contributed by atoms with E-state index in [0.29, 0.717) is 5.56 Å². The fourth-order valence-electron chi connectivity index (χ4n) is 3.14. The number of nitrogens with zero attached hydrogens (tertiary/aromatic N) is 2. The molecule has 29 heavy (non-hydrogen) atoms. The molecule has 2 heterocycles. The maximum atomic E-state index is 14.3. The van der Waals surface area contributed by atoms with Gasteiger partial charge in [0.1, 0.15) is 0 Å². The van der Waals surface area contributed by atoms with Crippen LogP contribution in [0.5, 0.6) is 0 Å². The smallest absolute Gasteiger partial charge is 0.267 e. The fraction of sp³-hybridized carbons (Fsp3) is 0.300. The van der Waals surface area contributed by atoms with Crippen LogP contribution in [0.15, 0.2) is 48.7 Å². The van der Waals surface area contributed by atoms with Crippen LogP contribution in [0, 0.1) is 5.82 Å². The minimum Gasteiger partial charge on any atom is -0.364 e. The van der Waals surface area contributed by atoms with Gasteiger partial charge < -0.3 is 10.2 Å². The number of carbonyl (C=O) groups is 1. The van der Waals surface area contributed by atoms with Gasteiger partial charge in [-0.3, -0.25) is 10.0 Å². The summed E-state index contributed by atoms with van der Waals surface area (Å²) < 4.78 is 14.3. The first-order chi connectivity index (χ1) is 13.1.